The second-order valence-electron chi connectivity index (χ2n) is 2.75. The van der Waals surface area contributed by atoms with E-state index < -0.39 is 0 Å². The van der Waals surface area contributed by atoms with Crippen molar-refractivity contribution in [3.05, 3.63) is 29.8 Å². The fraction of sp³-hybridized carbons (Fsp3) is 0.333. The lowest BCUT2D eigenvalue weighted by molar-refractivity contribution is 0.865. The summed E-state index contributed by atoms with van der Waals surface area (Å²) in [7, 11) is 0. The molecular formula is C9H13ClS. The molecule has 0 aliphatic carbocycles. The molecule has 1 aromatic rings. The fourth-order valence-electron chi connectivity index (χ4n) is 0.859. The summed E-state index contributed by atoms with van der Waals surface area (Å²) in [4.78, 5) is 1.03. The first kappa shape index (κ1) is 10.9. The predicted octanol–water partition coefficient (Wildman–Crippen LogP) is 3.52. The lowest BCUT2D eigenvalue weighted by Gasteiger charge is -2.03. The molecule has 0 fully saturated rings. The minimum absolute atomic E-state index is 0. The van der Waals surface area contributed by atoms with Gasteiger partial charge in [0.1, 0.15) is 0 Å². The molecule has 0 heterocycles. The van der Waals surface area contributed by atoms with Crippen molar-refractivity contribution < 1.29 is 0 Å². The van der Waals surface area contributed by atoms with Crippen molar-refractivity contribution in [2.45, 2.75) is 24.7 Å². The van der Waals surface area contributed by atoms with Gasteiger partial charge in [0.2, 0.25) is 0 Å². The van der Waals surface area contributed by atoms with E-state index in [1.54, 1.807) is 0 Å². The molecule has 0 N–H and O–H groups in total. The van der Waals surface area contributed by atoms with Gasteiger partial charge in [0.25, 0.3) is 0 Å². The topological polar surface area (TPSA) is 0 Å². The Bertz CT molecular complexity index is 203. The van der Waals surface area contributed by atoms with Crippen molar-refractivity contribution in [1.29, 1.82) is 0 Å². The first-order chi connectivity index (χ1) is 4.70. The molecule has 0 aliphatic heterocycles. The zero-order valence-electron chi connectivity index (χ0n) is 6.74. The van der Waals surface area contributed by atoms with Crippen LogP contribution in [0.4, 0.5) is 0 Å². The monoisotopic (exact) mass is 188 g/mol. The van der Waals surface area contributed by atoms with Crippen LogP contribution in [0.5, 0.6) is 0 Å². The third-order valence-corrected chi connectivity index (χ3v) is 1.86. The van der Waals surface area contributed by atoms with Gasteiger partial charge in [-0.15, -0.1) is 25.0 Å². The zero-order valence-corrected chi connectivity index (χ0v) is 8.45. The predicted molar refractivity (Wildman–Crippen MR) is 55.0 cm³/mol. The molecule has 0 amide bonds. The molecule has 1 rings (SSSR count). The normalized spacial score (nSPS) is 9.45. The van der Waals surface area contributed by atoms with E-state index in [-0.39, 0.29) is 12.4 Å². The van der Waals surface area contributed by atoms with Gasteiger partial charge in [-0.3, -0.25) is 0 Å². The maximum absolute atomic E-state index is 4.20. The Kier molecular flexibility index (Phi) is 4.62. The van der Waals surface area contributed by atoms with Crippen LogP contribution in [0.2, 0.25) is 0 Å². The fourth-order valence-corrected chi connectivity index (χ4v) is 1.01. The van der Waals surface area contributed by atoms with Gasteiger partial charge in [-0.1, -0.05) is 26.0 Å². The van der Waals surface area contributed by atoms with E-state index in [0.29, 0.717) is 5.92 Å². The molecule has 0 spiro atoms. The quantitative estimate of drug-likeness (QED) is 0.641. The number of thiol groups is 1. The summed E-state index contributed by atoms with van der Waals surface area (Å²) >= 11 is 4.20. The smallest absolute Gasteiger partial charge is 0.00401 e. The van der Waals surface area contributed by atoms with Crippen LogP contribution in [0.3, 0.4) is 0 Å². The van der Waals surface area contributed by atoms with E-state index >= 15 is 0 Å². The molecule has 62 valence electrons. The van der Waals surface area contributed by atoms with Crippen molar-refractivity contribution in [3.63, 3.8) is 0 Å². The van der Waals surface area contributed by atoms with Crippen molar-refractivity contribution >= 4 is 25.0 Å². The molecule has 0 radical (unpaired) electrons. The highest BCUT2D eigenvalue weighted by Crippen LogP contribution is 2.15. The lowest BCUT2D eigenvalue weighted by Crippen LogP contribution is -1.84. The maximum Gasteiger partial charge on any atom is 0.00401 e. The van der Waals surface area contributed by atoms with Crippen LogP contribution in [0.15, 0.2) is 29.2 Å². The number of hydrogen-bond donors (Lipinski definition) is 1. The Hall–Kier alpha value is -0.140. The van der Waals surface area contributed by atoms with Crippen LogP contribution in [0.25, 0.3) is 0 Å². The number of hydrogen-bond acceptors (Lipinski definition) is 1. The minimum atomic E-state index is 0. The Morgan fingerprint density at radius 1 is 1.09 bits per heavy atom. The third kappa shape index (κ3) is 3.17. The van der Waals surface area contributed by atoms with Gasteiger partial charge >= 0.3 is 0 Å². The summed E-state index contributed by atoms with van der Waals surface area (Å²) in [6, 6.07) is 8.29. The van der Waals surface area contributed by atoms with Crippen LogP contribution in [-0.4, -0.2) is 0 Å². The van der Waals surface area contributed by atoms with Crippen molar-refractivity contribution in [3.8, 4) is 0 Å². The summed E-state index contributed by atoms with van der Waals surface area (Å²) in [5, 5.41) is 0. The van der Waals surface area contributed by atoms with E-state index in [4.69, 9.17) is 0 Å². The highest BCUT2D eigenvalue weighted by molar-refractivity contribution is 7.80. The van der Waals surface area contributed by atoms with Gasteiger partial charge in [-0.2, -0.15) is 0 Å². The Balaban J connectivity index is 0.000001000. The molecule has 1 aromatic carbocycles. The minimum Gasteiger partial charge on any atom is -0.147 e. The summed E-state index contributed by atoms with van der Waals surface area (Å²) in [5.74, 6) is 0.619. The van der Waals surface area contributed by atoms with Gasteiger partial charge in [-0.05, 0) is 23.6 Å². The Labute approximate surface area is 79.8 Å². The standard InChI is InChI=1S/C9H12S.ClH/c1-7(2)8-3-5-9(10)6-4-8;/h3-7,10H,1-2H3;1H. The first-order valence-corrected chi connectivity index (χ1v) is 3.94. The molecule has 0 bridgehead atoms. The average Bonchev–Trinajstić information content (AvgIpc) is 1.88. The molecule has 0 unspecified atom stereocenters. The first-order valence-electron chi connectivity index (χ1n) is 3.49. The molecule has 11 heavy (non-hydrogen) atoms. The summed E-state index contributed by atoms with van der Waals surface area (Å²) in [5.41, 5.74) is 1.37. The van der Waals surface area contributed by atoms with Crippen LogP contribution in [-0.2, 0) is 0 Å². The second-order valence-corrected chi connectivity index (χ2v) is 3.26. The molecule has 2 heteroatoms. The maximum atomic E-state index is 4.20. The van der Waals surface area contributed by atoms with E-state index in [1.807, 2.05) is 12.1 Å². The molecule has 0 saturated carbocycles. The van der Waals surface area contributed by atoms with Crippen LogP contribution in [0.1, 0.15) is 25.3 Å². The highest BCUT2D eigenvalue weighted by Gasteiger charge is 1.95. The van der Waals surface area contributed by atoms with E-state index in [2.05, 4.69) is 38.6 Å². The Morgan fingerprint density at radius 3 is 1.91 bits per heavy atom. The van der Waals surface area contributed by atoms with Crippen LogP contribution < -0.4 is 0 Å². The SMILES string of the molecule is CC(C)c1ccc(S)cc1.Cl. The average molecular weight is 189 g/mol. The van der Waals surface area contributed by atoms with E-state index in [1.165, 1.54) is 5.56 Å². The molecular weight excluding hydrogens is 176 g/mol. The summed E-state index contributed by atoms with van der Waals surface area (Å²) in [6.07, 6.45) is 0. The molecule has 0 nitrogen and oxygen atoms in total. The number of rotatable bonds is 1. The van der Waals surface area contributed by atoms with Crippen molar-refractivity contribution in [1.82, 2.24) is 0 Å². The molecule has 0 aliphatic rings. The number of benzene rings is 1. The Morgan fingerprint density at radius 2 is 1.55 bits per heavy atom. The summed E-state index contributed by atoms with van der Waals surface area (Å²) < 4.78 is 0. The van der Waals surface area contributed by atoms with E-state index in [0.717, 1.165) is 4.90 Å². The van der Waals surface area contributed by atoms with Gasteiger partial charge in [0.05, 0.1) is 0 Å². The van der Waals surface area contributed by atoms with Gasteiger partial charge in [0.15, 0.2) is 0 Å². The largest absolute Gasteiger partial charge is 0.147 e. The second kappa shape index (κ2) is 4.68. The van der Waals surface area contributed by atoms with Crippen LogP contribution >= 0.6 is 25.0 Å². The van der Waals surface area contributed by atoms with Gasteiger partial charge in [-0.25, -0.2) is 0 Å². The molecule has 0 atom stereocenters. The van der Waals surface area contributed by atoms with Gasteiger partial charge < -0.3 is 0 Å². The number of halogens is 1. The van der Waals surface area contributed by atoms with Gasteiger partial charge in [0, 0.05) is 4.90 Å². The van der Waals surface area contributed by atoms with E-state index in [9.17, 15) is 0 Å². The molecule has 0 aromatic heterocycles. The van der Waals surface area contributed by atoms with Crippen molar-refractivity contribution in [2.75, 3.05) is 0 Å². The highest BCUT2D eigenvalue weighted by atomic mass is 35.5. The lowest BCUT2D eigenvalue weighted by atomic mass is 10.0. The van der Waals surface area contributed by atoms with Crippen molar-refractivity contribution in [2.24, 2.45) is 0 Å². The third-order valence-electron chi connectivity index (χ3n) is 1.56. The summed E-state index contributed by atoms with van der Waals surface area (Å²) in [6.45, 7) is 4.38. The zero-order chi connectivity index (χ0) is 7.56. The van der Waals surface area contributed by atoms with Crippen LogP contribution in [0, 0.1) is 0 Å². The molecule has 0 saturated heterocycles.